The van der Waals surface area contributed by atoms with E-state index in [1.54, 1.807) is 0 Å². The maximum Gasteiger partial charge on any atom is 0.407 e. The molecule has 0 aliphatic rings. The molecule has 0 saturated heterocycles. The quantitative estimate of drug-likeness (QED) is 0.511. The summed E-state index contributed by atoms with van der Waals surface area (Å²) in [7, 11) is 0. The SMILES string of the molecule is CCCCCOC(=O)CNC(=O)OCCC. The molecule has 0 aromatic carbocycles. The van der Waals surface area contributed by atoms with Crippen molar-refractivity contribution in [2.75, 3.05) is 19.8 Å². The van der Waals surface area contributed by atoms with Gasteiger partial charge in [-0.2, -0.15) is 0 Å². The number of carbonyl (C=O) groups is 2. The van der Waals surface area contributed by atoms with Crippen molar-refractivity contribution in [3.63, 3.8) is 0 Å². The van der Waals surface area contributed by atoms with E-state index >= 15 is 0 Å². The molecule has 0 aromatic heterocycles. The highest BCUT2D eigenvalue weighted by molar-refractivity contribution is 5.77. The van der Waals surface area contributed by atoms with E-state index in [-0.39, 0.29) is 6.54 Å². The van der Waals surface area contributed by atoms with Crippen LogP contribution in [0.3, 0.4) is 0 Å². The van der Waals surface area contributed by atoms with Gasteiger partial charge in [-0.3, -0.25) is 4.79 Å². The summed E-state index contributed by atoms with van der Waals surface area (Å²) in [5.74, 6) is -0.426. The van der Waals surface area contributed by atoms with Crippen molar-refractivity contribution in [2.24, 2.45) is 0 Å². The Kier molecular flexibility index (Phi) is 9.46. The van der Waals surface area contributed by atoms with E-state index < -0.39 is 12.1 Å². The zero-order valence-electron chi connectivity index (χ0n) is 10.1. The predicted molar refractivity (Wildman–Crippen MR) is 60.1 cm³/mol. The summed E-state index contributed by atoms with van der Waals surface area (Å²) in [6.07, 6.45) is 3.17. The number of nitrogens with one attached hydrogen (secondary N) is 1. The van der Waals surface area contributed by atoms with Crippen molar-refractivity contribution in [2.45, 2.75) is 39.5 Å². The molecule has 0 rings (SSSR count). The van der Waals surface area contributed by atoms with E-state index in [1.807, 2.05) is 6.92 Å². The lowest BCUT2D eigenvalue weighted by Gasteiger charge is -2.06. The van der Waals surface area contributed by atoms with Crippen molar-refractivity contribution in [1.29, 1.82) is 0 Å². The molecule has 0 aromatic rings. The van der Waals surface area contributed by atoms with Crippen molar-refractivity contribution >= 4 is 12.1 Å². The summed E-state index contributed by atoms with van der Waals surface area (Å²) in [5, 5.41) is 2.32. The van der Waals surface area contributed by atoms with Crippen LogP contribution in [-0.2, 0) is 14.3 Å². The van der Waals surface area contributed by atoms with Gasteiger partial charge in [-0.15, -0.1) is 0 Å². The van der Waals surface area contributed by atoms with Crippen LogP contribution in [0.5, 0.6) is 0 Å². The summed E-state index contributed by atoms with van der Waals surface area (Å²) >= 11 is 0. The molecule has 0 unspecified atom stereocenters. The number of hydrogen-bond donors (Lipinski definition) is 1. The van der Waals surface area contributed by atoms with Crippen LogP contribution in [0.25, 0.3) is 0 Å². The average Bonchev–Trinajstić information content (AvgIpc) is 2.29. The molecule has 0 heterocycles. The minimum absolute atomic E-state index is 0.130. The Morgan fingerprint density at radius 3 is 2.38 bits per heavy atom. The van der Waals surface area contributed by atoms with Crippen LogP contribution in [0.1, 0.15) is 39.5 Å². The van der Waals surface area contributed by atoms with E-state index in [2.05, 4.69) is 12.2 Å². The molecule has 0 aliphatic carbocycles. The van der Waals surface area contributed by atoms with Crippen molar-refractivity contribution in [3.8, 4) is 0 Å². The van der Waals surface area contributed by atoms with Gasteiger partial charge in [-0.05, 0) is 12.8 Å². The molecule has 0 fully saturated rings. The van der Waals surface area contributed by atoms with Crippen LogP contribution in [0.15, 0.2) is 0 Å². The molecule has 0 aliphatic heterocycles. The molecule has 0 atom stereocenters. The fourth-order valence-corrected chi connectivity index (χ4v) is 0.979. The predicted octanol–water partition coefficient (Wildman–Crippen LogP) is 1.86. The minimum Gasteiger partial charge on any atom is -0.464 e. The first-order chi connectivity index (χ1) is 7.70. The fourth-order valence-electron chi connectivity index (χ4n) is 0.979. The lowest BCUT2D eigenvalue weighted by molar-refractivity contribution is -0.142. The lowest BCUT2D eigenvalue weighted by atomic mass is 10.3. The second-order valence-corrected chi connectivity index (χ2v) is 3.42. The highest BCUT2D eigenvalue weighted by atomic mass is 16.6. The number of hydrogen-bond acceptors (Lipinski definition) is 4. The Balaban J connectivity index is 3.38. The molecule has 5 nitrogen and oxygen atoms in total. The molecular formula is C11H21NO4. The molecule has 0 bridgehead atoms. The number of carbonyl (C=O) groups excluding carboxylic acids is 2. The first-order valence-electron chi connectivity index (χ1n) is 5.77. The number of alkyl carbamates (subject to hydrolysis) is 1. The van der Waals surface area contributed by atoms with Crippen LogP contribution in [0.4, 0.5) is 4.79 Å². The van der Waals surface area contributed by atoms with Gasteiger partial charge in [-0.1, -0.05) is 26.7 Å². The number of esters is 1. The molecule has 0 radical (unpaired) electrons. The third-order valence-electron chi connectivity index (χ3n) is 1.83. The molecule has 1 amide bonds. The maximum absolute atomic E-state index is 11.1. The van der Waals surface area contributed by atoms with E-state index in [0.29, 0.717) is 13.2 Å². The van der Waals surface area contributed by atoms with Gasteiger partial charge in [0.25, 0.3) is 0 Å². The number of unbranched alkanes of at least 4 members (excludes halogenated alkanes) is 2. The number of amides is 1. The second kappa shape index (κ2) is 10.3. The monoisotopic (exact) mass is 231 g/mol. The normalized spacial score (nSPS) is 9.62. The van der Waals surface area contributed by atoms with Crippen LogP contribution in [0, 0.1) is 0 Å². The molecule has 0 spiro atoms. The minimum atomic E-state index is -0.577. The van der Waals surface area contributed by atoms with Crippen LogP contribution < -0.4 is 5.32 Å². The van der Waals surface area contributed by atoms with E-state index in [0.717, 1.165) is 25.7 Å². The molecular weight excluding hydrogens is 210 g/mol. The van der Waals surface area contributed by atoms with Crippen LogP contribution in [0.2, 0.25) is 0 Å². The molecule has 0 saturated carbocycles. The Morgan fingerprint density at radius 2 is 1.75 bits per heavy atom. The van der Waals surface area contributed by atoms with Gasteiger partial charge in [0.05, 0.1) is 13.2 Å². The van der Waals surface area contributed by atoms with Gasteiger partial charge in [0.1, 0.15) is 6.54 Å². The second-order valence-electron chi connectivity index (χ2n) is 3.42. The Hall–Kier alpha value is -1.26. The average molecular weight is 231 g/mol. The summed E-state index contributed by atoms with van der Waals surface area (Å²) in [4.78, 5) is 22.0. The van der Waals surface area contributed by atoms with Crippen molar-refractivity contribution in [3.05, 3.63) is 0 Å². The molecule has 1 N–H and O–H groups in total. The zero-order valence-corrected chi connectivity index (χ0v) is 10.1. The first-order valence-corrected chi connectivity index (χ1v) is 5.77. The topological polar surface area (TPSA) is 64.6 Å². The zero-order chi connectivity index (χ0) is 12.2. The summed E-state index contributed by atoms with van der Waals surface area (Å²) < 4.78 is 9.62. The maximum atomic E-state index is 11.1. The fraction of sp³-hybridized carbons (Fsp3) is 0.818. The molecule has 16 heavy (non-hydrogen) atoms. The van der Waals surface area contributed by atoms with Crippen molar-refractivity contribution < 1.29 is 19.1 Å². The molecule has 5 heteroatoms. The van der Waals surface area contributed by atoms with Gasteiger partial charge in [0.2, 0.25) is 0 Å². The largest absolute Gasteiger partial charge is 0.464 e. The number of ether oxygens (including phenoxy) is 2. The van der Waals surface area contributed by atoms with Gasteiger partial charge < -0.3 is 14.8 Å². The van der Waals surface area contributed by atoms with Crippen molar-refractivity contribution in [1.82, 2.24) is 5.32 Å². The third kappa shape index (κ3) is 9.30. The van der Waals surface area contributed by atoms with E-state index in [1.165, 1.54) is 0 Å². The standard InChI is InChI=1S/C11H21NO4/c1-3-5-6-8-15-10(13)9-12-11(14)16-7-4-2/h3-9H2,1-2H3,(H,12,14). The Morgan fingerprint density at radius 1 is 1.00 bits per heavy atom. The highest BCUT2D eigenvalue weighted by Crippen LogP contribution is 1.94. The first kappa shape index (κ1) is 14.7. The van der Waals surface area contributed by atoms with Gasteiger partial charge in [0.15, 0.2) is 0 Å². The van der Waals surface area contributed by atoms with Gasteiger partial charge in [-0.25, -0.2) is 4.79 Å². The van der Waals surface area contributed by atoms with Gasteiger partial charge in [0, 0.05) is 0 Å². The van der Waals surface area contributed by atoms with E-state index in [4.69, 9.17) is 9.47 Å². The van der Waals surface area contributed by atoms with Crippen LogP contribution in [-0.4, -0.2) is 31.8 Å². The summed E-state index contributed by atoms with van der Waals surface area (Å²) in [5.41, 5.74) is 0. The third-order valence-corrected chi connectivity index (χ3v) is 1.83. The van der Waals surface area contributed by atoms with E-state index in [9.17, 15) is 9.59 Å². The number of rotatable bonds is 8. The summed E-state index contributed by atoms with van der Waals surface area (Å²) in [6, 6.07) is 0. The molecule has 94 valence electrons. The summed E-state index contributed by atoms with van der Waals surface area (Å²) in [6.45, 7) is 4.62. The smallest absolute Gasteiger partial charge is 0.407 e. The Labute approximate surface area is 96.5 Å². The lowest BCUT2D eigenvalue weighted by Crippen LogP contribution is -2.31. The highest BCUT2D eigenvalue weighted by Gasteiger charge is 2.06. The van der Waals surface area contributed by atoms with Crippen LogP contribution >= 0.6 is 0 Å². The van der Waals surface area contributed by atoms with Gasteiger partial charge >= 0.3 is 12.1 Å². The Bertz CT molecular complexity index is 206.